The number of carbonyl (C=O) groups excluding carboxylic acids is 3. The predicted octanol–water partition coefficient (Wildman–Crippen LogP) is 1.45. The molecule has 2 heterocycles. The van der Waals surface area contributed by atoms with E-state index in [9.17, 15) is 24.6 Å². The molecule has 1 aliphatic carbocycles. The van der Waals surface area contributed by atoms with E-state index in [1.54, 1.807) is 12.1 Å². The molecule has 0 aromatic heterocycles. The largest absolute Gasteiger partial charge is 0.508 e. The van der Waals surface area contributed by atoms with Crippen LogP contribution in [0.3, 0.4) is 0 Å². The van der Waals surface area contributed by atoms with Crippen molar-refractivity contribution in [3.05, 3.63) is 59.2 Å². The number of fused-ring (bicyclic) bond motifs is 1. The number of ether oxygens (including phenoxy) is 1. The van der Waals surface area contributed by atoms with Gasteiger partial charge in [-0.1, -0.05) is 30.3 Å². The van der Waals surface area contributed by atoms with Crippen molar-refractivity contribution in [2.75, 3.05) is 20.1 Å². The van der Waals surface area contributed by atoms with Gasteiger partial charge in [0.05, 0.1) is 12.1 Å². The maximum Gasteiger partial charge on any atom is 0.246 e. The molecule has 3 aliphatic rings. The van der Waals surface area contributed by atoms with Gasteiger partial charge in [0, 0.05) is 26.6 Å². The summed E-state index contributed by atoms with van der Waals surface area (Å²) in [5.74, 6) is -0.0735. The molecule has 3 amide bonds. The number of rotatable bonds is 4. The minimum absolute atomic E-state index is 0.0897. The highest BCUT2D eigenvalue weighted by Crippen LogP contribution is 2.35. The highest BCUT2D eigenvalue weighted by Gasteiger charge is 2.42. The first-order valence-electron chi connectivity index (χ1n) is 15.0. The Balaban J connectivity index is 1.43. The normalized spacial score (nSPS) is 26.7. The number of nitrogens with zero attached hydrogens (tertiary/aromatic N) is 1. The molecule has 2 unspecified atom stereocenters. The molecule has 42 heavy (non-hydrogen) atoms. The molecule has 0 saturated heterocycles. The Bertz CT molecular complexity index is 1280. The summed E-state index contributed by atoms with van der Waals surface area (Å²) in [6.45, 7) is 2.38. The molecular formula is C32H42N4O6. The summed E-state index contributed by atoms with van der Waals surface area (Å²) in [6.07, 6.45) is 3.87. The zero-order chi connectivity index (χ0) is 29.8. The summed E-state index contributed by atoms with van der Waals surface area (Å²) in [7, 11) is 1.53. The SMILES string of the molecule is CC(O)[C@H]1C(=O)N[C@H](Cc2ccc(O)cc2)C(=O)NCCCc2cccc3c2OC(CC3)CN[C@@H](C2CC2)C(=O)N1C. The minimum Gasteiger partial charge on any atom is -0.508 e. The molecule has 2 aliphatic heterocycles. The van der Waals surface area contributed by atoms with Crippen LogP contribution in [0.4, 0.5) is 0 Å². The maximum absolute atomic E-state index is 13.8. The summed E-state index contributed by atoms with van der Waals surface area (Å²) < 4.78 is 6.46. The van der Waals surface area contributed by atoms with Crippen molar-refractivity contribution in [1.29, 1.82) is 0 Å². The van der Waals surface area contributed by atoms with Gasteiger partial charge < -0.3 is 35.8 Å². The average Bonchev–Trinajstić information content (AvgIpc) is 3.81. The van der Waals surface area contributed by atoms with Crippen LogP contribution in [0.25, 0.3) is 0 Å². The number of aliphatic hydroxyl groups is 1. The number of para-hydroxylation sites is 1. The maximum atomic E-state index is 13.8. The van der Waals surface area contributed by atoms with E-state index in [1.807, 2.05) is 6.07 Å². The molecule has 2 aromatic carbocycles. The van der Waals surface area contributed by atoms with Crippen molar-refractivity contribution in [2.24, 2.45) is 5.92 Å². The van der Waals surface area contributed by atoms with Gasteiger partial charge in [-0.05, 0) is 80.2 Å². The third-order valence-electron chi connectivity index (χ3n) is 8.54. The molecule has 0 spiro atoms. The second-order valence-corrected chi connectivity index (χ2v) is 11.9. The Hall–Kier alpha value is -3.63. The van der Waals surface area contributed by atoms with Crippen LogP contribution >= 0.6 is 0 Å². The number of aryl methyl sites for hydroxylation is 2. The van der Waals surface area contributed by atoms with Gasteiger partial charge in [0.25, 0.3) is 0 Å². The number of phenolic OH excluding ortho intramolecular Hbond substituents is 1. The summed E-state index contributed by atoms with van der Waals surface area (Å²) in [4.78, 5) is 42.1. The fourth-order valence-electron chi connectivity index (χ4n) is 6.04. The Kier molecular flexibility index (Phi) is 9.33. The number of aliphatic hydroxyl groups excluding tert-OH is 1. The lowest BCUT2D eigenvalue weighted by Gasteiger charge is -2.34. The number of likely N-dealkylation sites (N-methyl/N-ethyl adjacent to an activating group) is 1. The predicted molar refractivity (Wildman–Crippen MR) is 157 cm³/mol. The summed E-state index contributed by atoms with van der Waals surface area (Å²) in [5, 5.41) is 29.6. The Morgan fingerprint density at radius 3 is 2.40 bits per heavy atom. The van der Waals surface area contributed by atoms with Crippen LogP contribution in [-0.2, 0) is 33.6 Å². The number of hydrogen-bond donors (Lipinski definition) is 5. The quantitative estimate of drug-likeness (QED) is 0.370. The molecule has 2 aromatic rings. The number of hydrogen-bond acceptors (Lipinski definition) is 7. The second kappa shape index (κ2) is 13.1. The number of phenols is 1. The smallest absolute Gasteiger partial charge is 0.246 e. The minimum atomic E-state index is -1.19. The topological polar surface area (TPSA) is 140 Å². The van der Waals surface area contributed by atoms with Crippen LogP contribution in [0.2, 0.25) is 0 Å². The van der Waals surface area contributed by atoms with Crippen molar-refractivity contribution in [3.8, 4) is 11.5 Å². The van der Waals surface area contributed by atoms with Gasteiger partial charge in [-0.15, -0.1) is 0 Å². The average molecular weight is 579 g/mol. The molecule has 10 heteroatoms. The Labute approximate surface area is 246 Å². The van der Waals surface area contributed by atoms with E-state index in [4.69, 9.17) is 4.74 Å². The number of aromatic hydroxyl groups is 1. The van der Waals surface area contributed by atoms with Crippen molar-refractivity contribution >= 4 is 17.7 Å². The monoisotopic (exact) mass is 578 g/mol. The molecule has 5 rings (SSSR count). The van der Waals surface area contributed by atoms with Gasteiger partial charge in [0.15, 0.2) is 0 Å². The van der Waals surface area contributed by atoms with Crippen LogP contribution in [-0.4, -0.2) is 83.3 Å². The van der Waals surface area contributed by atoms with Gasteiger partial charge in [0.2, 0.25) is 17.7 Å². The van der Waals surface area contributed by atoms with Crippen LogP contribution in [0.1, 0.15) is 49.3 Å². The molecule has 0 radical (unpaired) electrons. The molecule has 5 N–H and O–H groups in total. The van der Waals surface area contributed by atoms with Gasteiger partial charge in [-0.3, -0.25) is 14.4 Å². The fraction of sp³-hybridized carbons (Fsp3) is 0.531. The Morgan fingerprint density at radius 2 is 1.71 bits per heavy atom. The third kappa shape index (κ3) is 7.04. The molecule has 5 atom stereocenters. The van der Waals surface area contributed by atoms with Crippen molar-refractivity contribution in [3.63, 3.8) is 0 Å². The number of benzene rings is 2. The molecule has 226 valence electrons. The zero-order valence-electron chi connectivity index (χ0n) is 24.3. The van der Waals surface area contributed by atoms with Crippen LogP contribution < -0.4 is 20.7 Å². The lowest BCUT2D eigenvalue weighted by atomic mass is 9.96. The first-order valence-corrected chi connectivity index (χ1v) is 15.0. The van der Waals surface area contributed by atoms with E-state index in [1.165, 1.54) is 36.6 Å². The molecular weight excluding hydrogens is 536 g/mol. The van der Waals surface area contributed by atoms with Crippen LogP contribution in [0, 0.1) is 5.92 Å². The van der Waals surface area contributed by atoms with E-state index < -0.39 is 30.1 Å². The van der Waals surface area contributed by atoms with E-state index in [2.05, 4.69) is 28.1 Å². The van der Waals surface area contributed by atoms with Crippen molar-refractivity contribution in [1.82, 2.24) is 20.9 Å². The highest BCUT2D eigenvalue weighted by molar-refractivity contribution is 5.93. The first-order chi connectivity index (χ1) is 20.2. The van der Waals surface area contributed by atoms with Crippen LogP contribution in [0.15, 0.2) is 42.5 Å². The number of nitrogens with one attached hydrogen (secondary N) is 3. The van der Waals surface area contributed by atoms with Gasteiger partial charge in [-0.25, -0.2) is 0 Å². The van der Waals surface area contributed by atoms with E-state index >= 15 is 0 Å². The van der Waals surface area contributed by atoms with Gasteiger partial charge >= 0.3 is 0 Å². The van der Waals surface area contributed by atoms with E-state index in [0.717, 1.165) is 49.0 Å². The number of carbonyl (C=O) groups is 3. The molecule has 1 saturated carbocycles. The second-order valence-electron chi connectivity index (χ2n) is 11.9. The number of amides is 3. The van der Waals surface area contributed by atoms with Crippen LogP contribution in [0.5, 0.6) is 11.5 Å². The standard InChI is InChI=1S/C32H42N4O6/c1-19(37)28-31(40)35-26(17-20-8-13-24(38)14-9-20)30(39)33-16-4-7-22-5-3-6-23-12-15-25(42-29(22)23)18-34-27(21-10-11-21)32(41)36(28)2/h3,5-6,8-9,13-14,19,21,25-28,34,37-38H,4,7,10-12,15-18H2,1-2H3,(H,33,39)(H,35,40)/t19?,25?,26-,27+,28+/m1/s1. The lowest BCUT2D eigenvalue weighted by molar-refractivity contribution is -0.145. The zero-order valence-corrected chi connectivity index (χ0v) is 24.3. The van der Waals surface area contributed by atoms with Crippen molar-refractivity contribution in [2.45, 2.75) is 82.2 Å². The molecule has 10 nitrogen and oxygen atoms in total. The molecule has 2 bridgehead atoms. The van der Waals surface area contributed by atoms with Gasteiger partial charge in [-0.2, -0.15) is 0 Å². The molecule has 1 fully saturated rings. The summed E-state index contributed by atoms with van der Waals surface area (Å²) in [5.41, 5.74) is 3.01. The van der Waals surface area contributed by atoms with Gasteiger partial charge in [0.1, 0.15) is 29.7 Å². The first kappa shape index (κ1) is 29.8. The van der Waals surface area contributed by atoms with E-state index in [-0.39, 0.29) is 36.0 Å². The van der Waals surface area contributed by atoms with Crippen molar-refractivity contribution < 1.29 is 29.3 Å². The summed E-state index contributed by atoms with van der Waals surface area (Å²) >= 11 is 0. The Morgan fingerprint density at radius 1 is 1.00 bits per heavy atom. The van der Waals surface area contributed by atoms with E-state index in [0.29, 0.717) is 19.5 Å². The third-order valence-corrected chi connectivity index (χ3v) is 8.54. The summed E-state index contributed by atoms with van der Waals surface area (Å²) in [6, 6.07) is 10.0. The lowest BCUT2D eigenvalue weighted by Crippen LogP contribution is -2.60. The fourth-order valence-corrected chi connectivity index (χ4v) is 6.04. The highest BCUT2D eigenvalue weighted by atomic mass is 16.5.